The third-order valence-corrected chi connectivity index (χ3v) is 5.58. The van der Waals surface area contributed by atoms with Crippen molar-refractivity contribution in [2.75, 3.05) is 24.3 Å². The average molecular weight is 408 g/mol. The van der Waals surface area contributed by atoms with Gasteiger partial charge in [-0.2, -0.15) is 0 Å². The first-order valence-corrected chi connectivity index (χ1v) is 10.2. The topological polar surface area (TPSA) is 102 Å². The SMILES string of the molecule is CCOc1ccc2cc1Nc1cc(NC)c3ncn(c3n1)C(=O)N[C@@H]1CC[C@H]1OC2. The molecule has 9 heteroatoms. The van der Waals surface area contributed by atoms with Gasteiger partial charge in [-0.25, -0.2) is 19.3 Å². The fraction of sp³-hybridized carbons (Fsp3) is 0.381. The van der Waals surface area contributed by atoms with Gasteiger partial charge in [0.25, 0.3) is 0 Å². The van der Waals surface area contributed by atoms with Crippen LogP contribution in [0.2, 0.25) is 0 Å². The number of rotatable bonds is 3. The highest BCUT2D eigenvalue weighted by Crippen LogP contribution is 2.33. The van der Waals surface area contributed by atoms with Crippen molar-refractivity contribution in [3.8, 4) is 5.75 Å². The van der Waals surface area contributed by atoms with E-state index in [2.05, 4.69) is 25.9 Å². The lowest BCUT2D eigenvalue weighted by molar-refractivity contribution is -0.0323. The Morgan fingerprint density at radius 3 is 3.00 bits per heavy atom. The monoisotopic (exact) mass is 408 g/mol. The molecule has 2 aromatic heterocycles. The van der Waals surface area contributed by atoms with E-state index < -0.39 is 0 Å². The minimum Gasteiger partial charge on any atom is -0.492 e. The van der Waals surface area contributed by atoms with E-state index >= 15 is 0 Å². The summed E-state index contributed by atoms with van der Waals surface area (Å²) in [6.45, 7) is 2.96. The molecule has 3 N–H and O–H groups in total. The summed E-state index contributed by atoms with van der Waals surface area (Å²) < 4.78 is 13.3. The molecular weight excluding hydrogens is 384 g/mol. The van der Waals surface area contributed by atoms with Gasteiger partial charge < -0.3 is 25.4 Å². The van der Waals surface area contributed by atoms with Gasteiger partial charge in [0, 0.05) is 13.1 Å². The predicted molar refractivity (Wildman–Crippen MR) is 113 cm³/mol. The second kappa shape index (κ2) is 7.49. The zero-order valence-corrected chi connectivity index (χ0v) is 16.9. The zero-order chi connectivity index (χ0) is 20.7. The molecule has 1 amide bonds. The molecular formula is C21H24N6O3. The van der Waals surface area contributed by atoms with Crippen LogP contribution < -0.4 is 20.7 Å². The molecule has 2 aliphatic rings. The van der Waals surface area contributed by atoms with Gasteiger partial charge >= 0.3 is 6.03 Å². The number of imidazole rings is 1. The smallest absolute Gasteiger partial charge is 0.328 e. The van der Waals surface area contributed by atoms with Crippen molar-refractivity contribution >= 4 is 34.4 Å². The number of ether oxygens (including phenoxy) is 2. The van der Waals surface area contributed by atoms with Crippen molar-refractivity contribution in [2.45, 2.75) is 38.5 Å². The van der Waals surface area contributed by atoms with E-state index in [9.17, 15) is 4.79 Å². The van der Waals surface area contributed by atoms with Crippen molar-refractivity contribution in [2.24, 2.45) is 0 Å². The summed E-state index contributed by atoms with van der Waals surface area (Å²) >= 11 is 0. The third kappa shape index (κ3) is 3.21. The molecule has 1 aromatic carbocycles. The molecule has 4 bridgehead atoms. The van der Waals surface area contributed by atoms with Crippen LogP contribution in [-0.2, 0) is 11.3 Å². The third-order valence-electron chi connectivity index (χ3n) is 5.58. The average Bonchev–Trinajstić information content (AvgIpc) is 3.16. The molecule has 156 valence electrons. The minimum absolute atomic E-state index is 0.00829. The highest BCUT2D eigenvalue weighted by molar-refractivity contribution is 5.94. The number of fused-ring (bicyclic) bond motifs is 4. The van der Waals surface area contributed by atoms with Crippen LogP contribution in [-0.4, -0.2) is 46.4 Å². The maximum absolute atomic E-state index is 12.9. The Bertz CT molecular complexity index is 1110. The van der Waals surface area contributed by atoms with E-state index in [0.29, 0.717) is 30.2 Å². The first kappa shape index (κ1) is 18.7. The maximum Gasteiger partial charge on any atom is 0.328 e. The quantitative estimate of drug-likeness (QED) is 0.611. The Morgan fingerprint density at radius 1 is 1.33 bits per heavy atom. The van der Waals surface area contributed by atoms with Crippen molar-refractivity contribution in [3.63, 3.8) is 0 Å². The van der Waals surface area contributed by atoms with Crippen LogP contribution in [0.15, 0.2) is 30.6 Å². The van der Waals surface area contributed by atoms with Gasteiger partial charge in [0.1, 0.15) is 23.4 Å². The molecule has 0 spiro atoms. The number of pyridine rings is 1. The summed E-state index contributed by atoms with van der Waals surface area (Å²) in [5, 5.41) is 9.54. The lowest BCUT2D eigenvalue weighted by Crippen LogP contribution is -2.52. The lowest BCUT2D eigenvalue weighted by Gasteiger charge is -2.36. The summed E-state index contributed by atoms with van der Waals surface area (Å²) in [6.07, 6.45) is 3.31. The molecule has 2 atom stereocenters. The van der Waals surface area contributed by atoms with Crippen LogP contribution >= 0.6 is 0 Å². The summed E-state index contributed by atoms with van der Waals surface area (Å²) in [6, 6.07) is 7.55. The van der Waals surface area contributed by atoms with E-state index in [1.54, 1.807) is 0 Å². The molecule has 30 heavy (non-hydrogen) atoms. The molecule has 1 saturated carbocycles. The van der Waals surface area contributed by atoms with Crippen LogP contribution in [0.3, 0.4) is 0 Å². The van der Waals surface area contributed by atoms with E-state index in [0.717, 1.165) is 35.5 Å². The Kier molecular flexibility index (Phi) is 4.66. The second-order valence-electron chi connectivity index (χ2n) is 7.46. The van der Waals surface area contributed by atoms with Crippen LogP contribution in [0.4, 0.5) is 22.0 Å². The first-order valence-electron chi connectivity index (χ1n) is 10.2. The van der Waals surface area contributed by atoms with E-state index in [4.69, 9.17) is 9.47 Å². The molecule has 9 nitrogen and oxygen atoms in total. The molecule has 0 saturated heterocycles. The fourth-order valence-electron chi connectivity index (χ4n) is 3.84. The number of aromatic nitrogens is 3. The van der Waals surface area contributed by atoms with Crippen LogP contribution in [0, 0.1) is 0 Å². The van der Waals surface area contributed by atoms with Crippen molar-refractivity contribution < 1.29 is 14.3 Å². The molecule has 0 radical (unpaired) electrons. The molecule has 0 unspecified atom stereocenters. The van der Waals surface area contributed by atoms with Gasteiger partial charge in [-0.1, -0.05) is 6.07 Å². The Labute approximate surface area is 173 Å². The van der Waals surface area contributed by atoms with Gasteiger partial charge in [0.05, 0.1) is 36.7 Å². The molecule has 1 aliphatic carbocycles. The highest BCUT2D eigenvalue weighted by Gasteiger charge is 2.34. The number of anilines is 3. The van der Waals surface area contributed by atoms with Crippen molar-refractivity contribution in [1.29, 1.82) is 0 Å². The number of hydrogen-bond donors (Lipinski definition) is 3. The number of benzene rings is 1. The number of nitrogens with one attached hydrogen (secondary N) is 3. The minimum atomic E-state index is -0.256. The van der Waals surface area contributed by atoms with E-state index in [-0.39, 0.29) is 18.2 Å². The van der Waals surface area contributed by atoms with Gasteiger partial charge in [0.15, 0.2) is 5.65 Å². The zero-order valence-electron chi connectivity index (χ0n) is 16.9. The van der Waals surface area contributed by atoms with E-state index in [1.165, 1.54) is 10.9 Å². The van der Waals surface area contributed by atoms with Gasteiger partial charge in [-0.3, -0.25) is 0 Å². The predicted octanol–water partition coefficient (Wildman–Crippen LogP) is 3.23. The van der Waals surface area contributed by atoms with Gasteiger partial charge in [-0.05, 0) is 37.5 Å². The highest BCUT2D eigenvalue weighted by atomic mass is 16.5. The standard InChI is InChI=1S/C21H24N6O3/c1-3-29-17-6-4-12-8-14(17)24-18-9-15(22-2)19-20(26-18)27(11-23-19)21(28)25-13-5-7-16(13)30-10-12/h4,6,8-9,11,13,16H,3,5,7,10H2,1-2H3,(H,25,28)(H2,22,24,26)/t13-,16-/m1/s1. The molecule has 3 heterocycles. The Hall–Kier alpha value is -3.33. The summed E-state index contributed by atoms with van der Waals surface area (Å²) in [4.78, 5) is 22.0. The lowest BCUT2D eigenvalue weighted by atomic mass is 9.89. The normalized spacial score (nSPS) is 20.5. The Balaban J connectivity index is 1.65. The molecule has 1 fully saturated rings. The largest absolute Gasteiger partial charge is 0.492 e. The second-order valence-corrected chi connectivity index (χ2v) is 7.46. The summed E-state index contributed by atoms with van der Waals surface area (Å²) in [5.41, 5.74) is 3.70. The van der Waals surface area contributed by atoms with Crippen LogP contribution in [0.5, 0.6) is 5.75 Å². The molecule has 1 aliphatic heterocycles. The number of carbonyl (C=O) groups is 1. The summed E-state index contributed by atoms with van der Waals surface area (Å²) in [7, 11) is 1.82. The number of nitrogens with zero attached hydrogens (tertiary/aromatic N) is 3. The van der Waals surface area contributed by atoms with E-state index in [1.807, 2.05) is 38.2 Å². The number of amides is 1. The van der Waals surface area contributed by atoms with Crippen LogP contribution in [0.25, 0.3) is 11.2 Å². The summed E-state index contributed by atoms with van der Waals surface area (Å²) in [5.74, 6) is 1.31. The van der Waals surface area contributed by atoms with Crippen LogP contribution in [0.1, 0.15) is 25.3 Å². The van der Waals surface area contributed by atoms with Gasteiger partial charge in [-0.15, -0.1) is 0 Å². The number of carbonyl (C=O) groups excluding carboxylic acids is 1. The van der Waals surface area contributed by atoms with Crippen molar-refractivity contribution in [3.05, 3.63) is 36.2 Å². The molecule has 3 aromatic rings. The molecule has 5 rings (SSSR count). The maximum atomic E-state index is 12.9. The number of hydrogen-bond acceptors (Lipinski definition) is 7. The fourth-order valence-corrected chi connectivity index (χ4v) is 3.84. The first-order chi connectivity index (χ1) is 14.7. The van der Waals surface area contributed by atoms with Crippen molar-refractivity contribution in [1.82, 2.24) is 19.9 Å². The van der Waals surface area contributed by atoms with Gasteiger partial charge in [0.2, 0.25) is 0 Å². The Morgan fingerprint density at radius 2 is 2.23 bits per heavy atom.